The lowest BCUT2D eigenvalue weighted by molar-refractivity contribution is -0.120. The molecule has 0 aromatic heterocycles. The lowest BCUT2D eigenvalue weighted by Crippen LogP contribution is -2.50. The van der Waals surface area contributed by atoms with Crippen molar-refractivity contribution in [3.63, 3.8) is 0 Å². The number of Topliss-reactive ketones (excluding diaryl/α,β-unsaturated/α-hetero) is 1. The second-order valence-electron chi connectivity index (χ2n) is 8.19. The first-order valence-corrected chi connectivity index (χ1v) is 11.5. The summed E-state index contributed by atoms with van der Waals surface area (Å²) >= 11 is 0. The molecule has 1 fully saturated rings. The van der Waals surface area contributed by atoms with E-state index in [0.29, 0.717) is 24.7 Å². The minimum atomic E-state index is 0.393. The molecule has 0 radical (unpaired) electrons. The predicted molar refractivity (Wildman–Crippen MR) is 124 cm³/mol. The Morgan fingerprint density at radius 2 is 1.83 bits per heavy atom. The van der Waals surface area contributed by atoms with Gasteiger partial charge in [-0.25, -0.2) is 0 Å². The third-order valence-corrected chi connectivity index (χ3v) is 6.05. The maximum Gasteiger partial charge on any atom is 0.134 e. The van der Waals surface area contributed by atoms with Crippen molar-refractivity contribution >= 4 is 5.78 Å². The van der Waals surface area contributed by atoms with Gasteiger partial charge in [0.05, 0.1) is 0 Å². The van der Waals surface area contributed by atoms with Crippen LogP contribution in [0.2, 0.25) is 0 Å². The van der Waals surface area contributed by atoms with Gasteiger partial charge in [0, 0.05) is 50.8 Å². The minimum absolute atomic E-state index is 0.393. The van der Waals surface area contributed by atoms with E-state index in [0.717, 1.165) is 58.3 Å². The molecule has 1 aromatic rings. The number of piperazine rings is 1. The van der Waals surface area contributed by atoms with Crippen molar-refractivity contribution in [3.8, 4) is 0 Å². The second-order valence-corrected chi connectivity index (χ2v) is 8.19. The van der Waals surface area contributed by atoms with Crippen molar-refractivity contribution in [1.29, 1.82) is 0 Å². The fraction of sp³-hybridized carbons (Fsp3) is 0.577. The molecule has 1 heterocycles. The van der Waals surface area contributed by atoms with E-state index in [9.17, 15) is 4.79 Å². The molecule has 2 rings (SSSR count). The molecule has 0 amide bonds. The third kappa shape index (κ3) is 8.57. The van der Waals surface area contributed by atoms with Gasteiger partial charge < -0.3 is 4.90 Å². The van der Waals surface area contributed by atoms with E-state index in [2.05, 4.69) is 66.6 Å². The van der Waals surface area contributed by atoms with E-state index < -0.39 is 0 Å². The summed E-state index contributed by atoms with van der Waals surface area (Å²) in [6.07, 6.45) is 12.2. The zero-order chi connectivity index (χ0) is 20.9. The van der Waals surface area contributed by atoms with Gasteiger partial charge >= 0.3 is 0 Å². The van der Waals surface area contributed by atoms with Crippen LogP contribution >= 0.6 is 0 Å². The summed E-state index contributed by atoms with van der Waals surface area (Å²) in [5.41, 5.74) is 2.61. The summed E-state index contributed by atoms with van der Waals surface area (Å²) in [6, 6.07) is 10.9. The number of nitrogens with zero attached hydrogens (tertiary/aromatic N) is 2. The van der Waals surface area contributed by atoms with Gasteiger partial charge in [0.2, 0.25) is 0 Å². The SMILES string of the molecule is C=C(CCCC=CC)N1CCN(C(CC)CC(=O)CCCc2ccccc2)CC1. The first-order valence-electron chi connectivity index (χ1n) is 11.5. The van der Waals surface area contributed by atoms with Gasteiger partial charge in [0.1, 0.15) is 5.78 Å². The molecule has 1 saturated heterocycles. The number of aryl methyl sites for hydroxylation is 1. The predicted octanol–water partition coefficient (Wildman–Crippen LogP) is 5.62. The topological polar surface area (TPSA) is 23.6 Å². The molecule has 0 bridgehead atoms. The normalized spacial score (nSPS) is 16.3. The lowest BCUT2D eigenvalue weighted by atomic mass is 10.00. The van der Waals surface area contributed by atoms with Crippen LogP contribution in [0.1, 0.15) is 64.4 Å². The summed E-state index contributed by atoms with van der Waals surface area (Å²) in [6.45, 7) is 12.8. The van der Waals surface area contributed by atoms with Crippen LogP contribution in [0, 0.1) is 0 Å². The summed E-state index contributed by atoms with van der Waals surface area (Å²) in [5.74, 6) is 0.420. The highest BCUT2D eigenvalue weighted by Gasteiger charge is 2.24. The standard InChI is InChI=1S/C26H40N2O/c1-4-6-7-9-13-23(3)27-18-20-28(21-19-27)25(5-2)22-26(29)17-12-16-24-14-10-8-11-15-24/h4,6,8,10-11,14-15,25H,3,5,7,9,12-13,16-22H2,1-2H3. The number of carbonyl (C=O) groups is 1. The molecule has 1 unspecified atom stereocenters. The Bertz CT molecular complexity index is 629. The van der Waals surface area contributed by atoms with Gasteiger partial charge in [-0.3, -0.25) is 9.69 Å². The van der Waals surface area contributed by atoms with Crippen molar-refractivity contribution in [2.75, 3.05) is 26.2 Å². The largest absolute Gasteiger partial charge is 0.373 e. The Balaban J connectivity index is 1.68. The van der Waals surface area contributed by atoms with Gasteiger partial charge in [-0.15, -0.1) is 0 Å². The second kappa shape index (κ2) is 13.4. The van der Waals surface area contributed by atoms with Gasteiger partial charge in [-0.05, 0) is 51.0 Å². The Morgan fingerprint density at radius 3 is 2.48 bits per heavy atom. The molecular weight excluding hydrogens is 356 g/mol. The molecular formula is C26H40N2O. The quantitative estimate of drug-likeness (QED) is 0.319. The van der Waals surface area contributed by atoms with Crippen LogP contribution in [0.25, 0.3) is 0 Å². The highest BCUT2D eigenvalue weighted by atomic mass is 16.1. The zero-order valence-electron chi connectivity index (χ0n) is 18.6. The first kappa shape index (κ1) is 23.4. The van der Waals surface area contributed by atoms with Crippen molar-refractivity contribution in [1.82, 2.24) is 9.80 Å². The van der Waals surface area contributed by atoms with E-state index in [-0.39, 0.29) is 0 Å². The maximum atomic E-state index is 12.5. The van der Waals surface area contributed by atoms with E-state index in [1.165, 1.54) is 17.7 Å². The Hall–Kier alpha value is -1.87. The van der Waals surface area contributed by atoms with Crippen LogP contribution in [-0.4, -0.2) is 47.8 Å². The van der Waals surface area contributed by atoms with Gasteiger partial charge in [-0.1, -0.05) is 56.0 Å². The van der Waals surface area contributed by atoms with Crippen LogP contribution in [0.15, 0.2) is 54.8 Å². The van der Waals surface area contributed by atoms with Crippen LogP contribution in [-0.2, 0) is 11.2 Å². The number of benzene rings is 1. The molecule has 29 heavy (non-hydrogen) atoms. The summed E-state index contributed by atoms with van der Waals surface area (Å²) < 4.78 is 0. The molecule has 0 N–H and O–H groups in total. The fourth-order valence-corrected chi connectivity index (χ4v) is 4.18. The molecule has 1 aliphatic rings. The van der Waals surface area contributed by atoms with Gasteiger partial charge in [-0.2, -0.15) is 0 Å². The Labute approximate surface area is 178 Å². The fourth-order valence-electron chi connectivity index (χ4n) is 4.18. The van der Waals surface area contributed by atoms with E-state index in [4.69, 9.17) is 0 Å². The number of allylic oxidation sites excluding steroid dienone is 3. The van der Waals surface area contributed by atoms with E-state index in [1.807, 2.05) is 6.07 Å². The van der Waals surface area contributed by atoms with Gasteiger partial charge in [0.25, 0.3) is 0 Å². The van der Waals surface area contributed by atoms with Crippen LogP contribution in [0.3, 0.4) is 0 Å². The Morgan fingerprint density at radius 1 is 1.10 bits per heavy atom. The number of hydrogen-bond acceptors (Lipinski definition) is 3. The van der Waals surface area contributed by atoms with Crippen molar-refractivity contribution < 1.29 is 4.79 Å². The highest BCUT2D eigenvalue weighted by Crippen LogP contribution is 2.19. The van der Waals surface area contributed by atoms with Crippen LogP contribution in [0.5, 0.6) is 0 Å². The smallest absolute Gasteiger partial charge is 0.134 e. The number of carbonyl (C=O) groups excluding carboxylic acids is 1. The Kier molecular flexibility index (Phi) is 10.8. The molecule has 1 aromatic carbocycles. The van der Waals surface area contributed by atoms with Crippen LogP contribution in [0.4, 0.5) is 0 Å². The number of unbranched alkanes of at least 4 members (excludes halogenated alkanes) is 1. The molecule has 0 aliphatic carbocycles. The monoisotopic (exact) mass is 396 g/mol. The number of hydrogen-bond donors (Lipinski definition) is 0. The van der Waals surface area contributed by atoms with Crippen molar-refractivity contribution in [3.05, 3.63) is 60.3 Å². The minimum Gasteiger partial charge on any atom is -0.373 e. The maximum absolute atomic E-state index is 12.5. The van der Waals surface area contributed by atoms with Crippen LogP contribution < -0.4 is 0 Å². The first-order chi connectivity index (χ1) is 14.1. The summed E-state index contributed by atoms with van der Waals surface area (Å²) in [7, 11) is 0. The molecule has 0 saturated carbocycles. The number of rotatable bonds is 13. The van der Waals surface area contributed by atoms with E-state index >= 15 is 0 Å². The zero-order valence-corrected chi connectivity index (χ0v) is 18.6. The molecule has 160 valence electrons. The van der Waals surface area contributed by atoms with Gasteiger partial charge in [0.15, 0.2) is 0 Å². The average Bonchev–Trinajstić information content (AvgIpc) is 2.76. The summed E-state index contributed by atoms with van der Waals surface area (Å²) in [4.78, 5) is 17.5. The van der Waals surface area contributed by atoms with Crippen molar-refractivity contribution in [2.45, 2.75) is 71.3 Å². The molecule has 3 nitrogen and oxygen atoms in total. The highest BCUT2D eigenvalue weighted by molar-refractivity contribution is 5.79. The van der Waals surface area contributed by atoms with E-state index in [1.54, 1.807) is 0 Å². The molecule has 3 heteroatoms. The molecule has 0 spiro atoms. The van der Waals surface area contributed by atoms with Crippen molar-refractivity contribution in [2.24, 2.45) is 0 Å². The summed E-state index contributed by atoms with van der Waals surface area (Å²) in [5, 5.41) is 0. The third-order valence-electron chi connectivity index (χ3n) is 6.05. The average molecular weight is 397 g/mol. The molecule has 1 atom stereocenters. The molecule has 1 aliphatic heterocycles. The lowest BCUT2D eigenvalue weighted by Gasteiger charge is -2.40. The number of ketones is 1.